The third-order valence-electron chi connectivity index (χ3n) is 6.39. The van der Waals surface area contributed by atoms with Gasteiger partial charge in [-0.3, -0.25) is 0 Å². The second-order valence-electron chi connectivity index (χ2n) is 8.96. The van der Waals surface area contributed by atoms with E-state index in [0.717, 1.165) is 21.7 Å². The van der Waals surface area contributed by atoms with E-state index in [0.29, 0.717) is 13.1 Å². The molecule has 2 heterocycles. The Balaban J connectivity index is 1.73. The van der Waals surface area contributed by atoms with Crippen molar-refractivity contribution in [3.63, 3.8) is 0 Å². The summed E-state index contributed by atoms with van der Waals surface area (Å²) in [4.78, 5) is 15.3. The van der Waals surface area contributed by atoms with Gasteiger partial charge in [0, 0.05) is 32.7 Å². The number of likely N-dealkylation sites (tertiary alicyclic amines) is 2. The van der Waals surface area contributed by atoms with Crippen LogP contribution in [0.15, 0.2) is 42.5 Å². The van der Waals surface area contributed by atoms with Crippen LogP contribution in [0.2, 0.25) is 0 Å². The zero-order valence-corrected chi connectivity index (χ0v) is 20.0. The molecular weight excluding hydrogens is 488 g/mol. The van der Waals surface area contributed by atoms with E-state index in [2.05, 4.69) is 0 Å². The van der Waals surface area contributed by atoms with Crippen molar-refractivity contribution in [2.45, 2.75) is 30.8 Å². The Morgan fingerprint density at radius 1 is 1.14 bits per heavy atom. The van der Waals surface area contributed by atoms with E-state index in [1.165, 1.54) is 55.4 Å². The van der Waals surface area contributed by atoms with Crippen molar-refractivity contribution in [2.75, 3.05) is 33.7 Å². The highest BCUT2D eigenvalue weighted by Gasteiger charge is 2.58. The molecule has 0 aromatic heterocycles. The lowest BCUT2D eigenvalue weighted by atomic mass is 9.95. The maximum atomic E-state index is 15.5. The van der Waals surface area contributed by atoms with Crippen molar-refractivity contribution < 1.29 is 30.8 Å². The summed E-state index contributed by atoms with van der Waals surface area (Å²) in [5, 5.41) is 0. The van der Waals surface area contributed by atoms with Crippen molar-refractivity contribution in [2.24, 2.45) is 0 Å². The van der Waals surface area contributed by atoms with Gasteiger partial charge in [0.2, 0.25) is 0 Å². The number of carbonyl (C=O) groups is 1. The minimum absolute atomic E-state index is 0.00456. The molecule has 2 aromatic carbocycles. The van der Waals surface area contributed by atoms with Crippen LogP contribution in [0.4, 0.5) is 22.4 Å². The molecule has 0 unspecified atom stereocenters. The van der Waals surface area contributed by atoms with E-state index in [1.54, 1.807) is 0 Å². The average Bonchev–Trinajstić information content (AvgIpc) is 2.98. The SMILES string of the molecule is CN(C)S(=O)(=O)N[C@@H]1[C@H](Cc2cccc(-c3cccc(F)c3)c2F)N(C(=O)N2CCC2)CC1(F)F. The van der Waals surface area contributed by atoms with Crippen LogP contribution in [0, 0.1) is 11.6 Å². The quantitative estimate of drug-likeness (QED) is 0.603. The maximum Gasteiger partial charge on any atom is 0.320 e. The van der Waals surface area contributed by atoms with Crippen LogP contribution >= 0.6 is 0 Å². The molecule has 0 spiro atoms. The summed E-state index contributed by atoms with van der Waals surface area (Å²) < 4.78 is 87.2. The summed E-state index contributed by atoms with van der Waals surface area (Å²) >= 11 is 0. The van der Waals surface area contributed by atoms with Gasteiger partial charge >= 0.3 is 6.03 Å². The van der Waals surface area contributed by atoms with Gasteiger partial charge in [0.05, 0.1) is 12.6 Å². The lowest BCUT2D eigenvalue weighted by molar-refractivity contribution is -0.00591. The fourth-order valence-electron chi connectivity index (χ4n) is 4.30. The summed E-state index contributed by atoms with van der Waals surface area (Å²) in [5.74, 6) is -4.91. The highest BCUT2D eigenvalue weighted by atomic mass is 32.2. The molecular formula is C23H26F4N4O3S. The van der Waals surface area contributed by atoms with Crippen LogP contribution in [-0.2, 0) is 16.6 Å². The van der Waals surface area contributed by atoms with Crippen LogP contribution < -0.4 is 4.72 Å². The van der Waals surface area contributed by atoms with Gasteiger partial charge < -0.3 is 9.80 Å². The van der Waals surface area contributed by atoms with E-state index in [1.807, 2.05) is 4.72 Å². The highest BCUT2D eigenvalue weighted by Crippen LogP contribution is 2.37. The van der Waals surface area contributed by atoms with Crippen molar-refractivity contribution in [3.8, 4) is 11.1 Å². The number of benzene rings is 2. The number of rotatable bonds is 6. The number of halogens is 4. The molecule has 7 nitrogen and oxygen atoms in total. The highest BCUT2D eigenvalue weighted by molar-refractivity contribution is 7.87. The number of alkyl halides is 2. The molecule has 190 valence electrons. The Labute approximate surface area is 201 Å². The van der Waals surface area contributed by atoms with Crippen LogP contribution in [0.5, 0.6) is 0 Å². The molecule has 2 atom stereocenters. The summed E-state index contributed by atoms with van der Waals surface area (Å²) in [6, 6.07) is 5.66. The van der Waals surface area contributed by atoms with Gasteiger partial charge in [0.25, 0.3) is 16.1 Å². The summed E-state index contributed by atoms with van der Waals surface area (Å²) in [5.41, 5.74) is 0.335. The number of hydrogen-bond donors (Lipinski definition) is 1. The second-order valence-corrected chi connectivity index (χ2v) is 10.9. The first kappa shape index (κ1) is 25.4. The lowest BCUT2D eigenvalue weighted by Crippen LogP contribution is -2.56. The Bertz CT molecular complexity index is 1220. The molecule has 2 amide bonds. The molecule has 0 radical (unpaired) electrons. The Morgan fingerprint density at radius 2 is 1.83 bits per heavy atom. The fourth-order valence-corrected chi connectivity index (χ4v) is 5.16. The van der Waals surface area contributed by atoms with Gasteiger partial charge in [-0.1, -0.05) is 30.3 Å². The average molecular weight is 515 g/mol. The van der Waals surface area contributed by atoms with Crippen molar-refractivity contribution in [1.82, 2.24) is 18.8 Å². The number of nitrogens with zero attached hydrogens (tertiary/aromatic N) is 3. The number of amides is 2. The minimum atomic E-state index is -4.29. The predicted molar refractivity (Wildman–Crippen MR) is 122 cm³/mol. The van der Waals surface area contributed by atoms with Crippen LogP contribution in [-0.4, -0.2) is 80.3 Å². The van der Waals surface area contributed by atoms with Crippen molar-refractivity contribution >= 4 is 16.2 Å². The van der Waals surface area contributed by atoms with Gasteiger partial charge in [-0.15, -0.1) is 0 Å². The van der Waals surface area contributed by atoms with Crippen LogP contribution in [0.1, 0.15) is 12.0 Å². The van der Waals surface area contributed by atoms with Gasteiger partial charge in [-0.05, 0) is 36.1 Å². The van der Waals surface area contributed by atoms with Gasteiger partial charge in [0.15, 0.2) is 0 Å². The second kappa shape index (κ2) is 9.40. The normalized spacial score (nSPS) is 21.9. The first-order chi connectivity index (χ1) is 16.4. The summed E-state index contributed by atoms with van der Waals surface area (Å²) in [6.45, 7) is -0.185. The molecule has 2 aromatic rings. The zero-order valence-electron chi connectivity index (χ0n) is 19.2. The van der Waals surface area contributed by atoms with Gasteiger partial charge in [-0.25, -0.2) is 22.4 Å². The molecule has 2 aliphatic rings. The number of hydrogen-bond acceptors (Lipinski definition) is 3. The molecule has 35 heavy (non-hydrogen) atoms. The Kier molecular flexibility index (Phi) is 6.82. The number of urea groups is 1. The molecule has 4 rings (SSSR count). The molecule has 0 aliphatic carbocycles. The fraction of sp³-hybridized carbons (Fsp3) is 0.435. The van der Waals surface area contributed by atoms with Crippen molar-refractivity contribution in [3.05, 3.63) is 59.7 Å². The first-order valence-electron chi connectivity index (χ1n) is 11.1. The first-order valence-corrected chi connectivity index (χ1v) is 12.5. The molecule has 12 heteroatoms. The van der Waals surface area contributed by atoms with E-state index >= 15 is 13.2 Å². The van der Waals surface area contributed by atoms with E-state index in [-0.39, 0.29) is 23.1 Å². The predicted octanol–water partition coefficient (Wildman–Crippen LogP) is 3.08. The molecule has 2 aliphatic heterocycles. The topological polar surface area (TPSA) is 73.0 Å². The Morgan fingerprint density at radius 3 is 2.43 bits per heavy atom. The minimum Gasteiger partial charge on any atom is -0.325 e. The standard InChI is InChI=1S/C23H26F4N4O3S/c1-29(2)35(33,34)28-21-19(31(14-23(21,26)27)22(32)30-10-5-11-30)13-16-7-4-9-18(20(16)25)15-6-3-8-17(24)12-15/h3-4,6-9,12,19,21,28H,5,10-11,13-14H2,1-2H3/t19-,21+/m0/s1. The smallest absolute Gasteiger partial charge is 0.320 e. The zero-order chi connectivity index (χ0) is 25.5. The van der Waals surface area contributed by atoms with Gasteiger partial charge in [-0.2, -0.15) is 17.4 Å². The molecule has 1 N–H and O–H groups in total. The number of carbonyl (C=O) groups excluding carboxylic acids is 1. The molecule has 0 saturated carbocycles. The van der Waals surface area contributed by atoms with Gasteiger partial charge in [0.1, 0.15) is 17.7 Å². The van der Waals surface area contributed by atoms with Crippen LogP contribution in [0.3, 0.4) is 0 Å². The summed E-state index contributed by atoms with van der Waals surface area (Å²) in [7, 11) is -1.91. The monoisotopic (exact) mass is 514 g/mol. The Hall–Kier alpha value is -2.70. The third kappa shape index (κ3) is 5.00. The van der Waals surface area contributed by atoms with E-state index < -0.39 is 52.4 Å². The maximum absolute atomic E-state index is 15.5. The third-order valence-corrected chi connectivity index (χ3v) is 7.91. The van der Waals surface area contributed by atoms with E-state index in [4.69, 9.17) is 0 Å². The molecule has 2 fully saturated rings. The number of nitrogens with one attached hydrogen (secondary N) is 1. The molecule has 2 saturated heterocycles. The van der Waals surface area contributed by atoms with E-state index in [9.17, 15) is 17.6 Å². The van der Waals surface area contributed by atoms with Crippen LogP contribution in [0.25, 0.3) is 11.1 Å². The largest absolute Gasteiger partial charge is 0.325 e. The molecule has 0 bridgehead atoms. The van der Waals surface area contributed by atoms with Crippen molar-refractivity contribution in [1.29, 1.82) is 0 Å². The summed E-state index contributed by atoms with van der Waals surface area (Å²) in [6.07, 6.45) is 0.367. The lowest BCUT2D eigenvalue weighted by Gasteiger charge is -2.37.